The van der Waals surface area contributed by atoms with E-state index in [1.807, 2.05) is 0 Å². The van der Waals surface area contributed by atoms with Gasteiger partial charge in [0.1, 0.15) is 13.2 Å². The summed E-state index contributed by atoms with van der Waals surface area (Å²) in [5, 5.41) is 0. The predicted octanol–water partition coefficient (Wildman–Crippen LogP) is 11.6. The van der Waals surface area contributed by atoms with Gasteiger partial charge < -0.3 is 14.2 Å². The van der Waals surface area contributed by atoms with E-state index < -0.39 is 6.10 Å². The van der Waals surface area contributed by atoms with E-state index in [4.69, 9.17) is 14.2 Å². The normalized spacial score (nSPS) is 11.9. The molecule has 0 fully saturated rings. The molecule has 6 nitrogen and oxygen atoms in total. The second-order valence-electron chi connectivity index (χ2n) is 13.7. The fraction of sp³-hybridized carbons (Fsp3) is 0.923. The van der Waals surface area contributed by atoms with Gasteiger partial charge in [-0.2, -0.15) is 0 Å². The molecule has 0 aromatic carbocycles. The van der Waals surface area contributed by atoms with Gasteiger partial charge in [0.2, 0.25) is 0 Å². The van der Waals surface area contributed by atoms with E-state index >= 15 is 0 Å². The Morgan fingerprint density at radius 1 is 0.422 bits per heavy atom. The monoisotopic (exact) mass is 639 g/mol. The summed E-state index contributed by atoms with van der Waals surface area (Å²) >= 11 is 0. The van der Waals surface area contributed by atoms with Gasteiger partial charge in [0.25, 0.3) is 0 Å². The zero-order chi connectivity index (χ0) is 33.2. The van der Waals surface area contributed by atoms with Gasteiger partial charge in [0, 0.05) is 19.3 Å². The smallest absolute Gasteiger partial charge is 0.306 e. The van der Waals surface area contributed by atoms with Crippen molar-refractivity contribution in [2.45, 2.75) is 214 Å². The largest absolute Gasteiger partial charge is 0.462 e. The highest BCUT2D eigenvalue weighted by atomic mass is 16.6. The highest BCUT2D eigenvalue weighted by Crippen LogP contribution is 2.15. The van der Waals surface area contributed by atoms with Crippen molar-refractivity contribution in [1.82, 2.24) is 0 Å². The van der Waals surface area contributed by atoms with Crippen LogP contribution in [0.2, 0.25) is 0 Å². The lowest BCUT2D eigenvalue weighted by atomic mass is 10.0. The minimum absolute atomic E-state index is 0.0668. The molecule has 0 N–H and O–H groups in total. The average molecular weight is 639 g/mol. The van der Waals surface area contributed by atoms with E-state index in [1.165, 1.54) is 96.3 Å². The summed E-state index contributed by atoms with van der Waals surface area (Å²) in [4.78, 5) is 37.2. The molecule has 0 bridgehead atoms. The minimum Gasteiger partial charge on any atom is -0.462 e. The molecule has 0 aliphatic rings. The molecule has 1 atom stereocenters. The van der Waals surface area contributed by atoms with Gasteiger partial charge in [-0.3, -0.25) is 14.4 Å². The molecule has 0 heterocycles. The first-order valence-corrected chi connectivity index (χ1v) is 19.4. The molecule has 0 saturated carbocycles. The van der Waals surface area contributed by atoms with Crippen LogP contribution in [0, 0.1) is 5.92 Å². The van der Waals surface area contributed by atoms with Crippen LogP contribution < -0.4 is 0 Å². The molecule has 6 heteroatoms. The second-order valence-corrected chi connectivity index (χ2v) is 13.7. The van der Waals surface area contributed by atoms with Crippen molar-refractivity contribution in [2.75, 3.05) is 13.2 Å². The first kappa shape index (κ1) is 43.4. The molecular formula is C39H74O6. The van der Waals surface area contributed by atoms with Crippen LogP contribution in [0.15, 0.2) is 0 Å². The fourth-order valence-electron chi connectivity index (χ4n) is 5.57. The Balaban J connectivity index is 4.27. The maximum Gasteiger partial charge on any atom is 0.306 e. The lowest BCUT2D eigenvalue weighted by Gasteiger charge is -2.18. The van der Waals surface area contributed by atoms with E-state index in [2.05, 4.69) is 27.7 Å². The van der Waals surface area contributed by atoms with E-state index in [0.717, 1.165) is 70.1 Å². The fourth-order valence-corrected chi connectivity index (χ4v) is 5.57. The van der Waals surface area contributed by atoms with Gasteiger partial charge in [0.15, 0.2) is 6.10 Å². The average Bonchev–Trinajstić information content (AvgIpc) is 3.01. The van der Waals surface area contributed by atoms with Gasteiger partial charge in [0.05, 0.1) is 0 Å². The number of hydrogen-bond acceptors (Lipinski definition) is 6. The van der Waals surface area contributed by atoms with Gasteiger partial charge in [-0.25, -0.2) is 0 Å². The van der Waals surface area contributed by atoms with E-state index in [9.17, 15) is 14.4 Å². The molecule has 0 unspecified atom stereocenters. The third-order valence-electron chi connectivity index (χ3n) is 8.54. The molecule has 0 saturated heterocycles. The summed E-state index contributed by atoms with van der Waals surface area (Å²) in [6.07, 6.45) is 29.8. The van der Waals surface area contributed by atoms with Crippen LogP contribution in [0.1, 0.15) is 207 Å². The van der Waals surface area contributed by atoms with E-state index in [0.29, 0.717) is 19.3 Å². The Morgan fingerprint density at radius 2 is 0.733 bits per heavy atom. The lowest BCUT2D eigenvalue weighted by Crippen LogP contribution is -2.30. The topological polar surface area (TPSA) is 78.9 Å². The Hall–Kier alpha value is -1.59. The van der Waals surface area contributed by atoms with E-state index in [1.54, 1.807) is 0 Å². The third kappa shape index (κ3) is 33.6. The van der Waals surface area contributed by atoms with Crippen molar-refractivity contribution in [3.05, 3.63) is 0 Å². The summed E-state index contributed by atoms with van der Waals surface area (Å²) in [6, 6.07) is 0. The molecule has 0 spiro atoms. The number of hydrogen-bond donors (Lipinski definition) is 0. The van der Waals surface area contributed by atoms with Crippen molar-refractivity contribution < 1.29 is 28.6 Å². The number of esters is 3. The first-order chi connectivity index (χ1) is 21.9. The zero-order valence-corrected chi connectivity index (χ0v) is 30.3. The first-order valence-electron chi connectivity index (χ1n) is 19.4. The Bertz CT molecular complexity index is 676. The molecule has 0 aromatic rings. The van der Waals surface area contributed by atoms with Crippen molar-refractivity contribution in [3.8, 4) is 0 Å². The Morgan fingerprint density at radius 3 is 1.09 bits per heavy atom. The van der Waals surface area contributed by atoms with Crippen LogP contribution in [-0.2, 0) is 28.6 Å². The van der Waals surface area contributed by atoms with Crippen LogP contribution >= 0.6 is 0 Å². The van der Waals surface area contributed by atoms with Crippen LogP contribution in [0.5, 0.6) is 0 Å². The number of ether oxygens (including phenoxy) is 3. The number of unbranched alkanes of at least 4 members (excludes halogenated alkanes) is 21. The maximum atomic E-state index is 12.6. The number of carbonyl (C=O) groups excluding carboxylic acids is 3. The zero-order valence-electron chi connectivity index (χ0n) is 30.3. The molecule has 0 amide bonds. The summed E-state index contributed by atoms with van der Waals surface area (Å²) in [7, 11) is 0. The number of carbonyl (C=O) groups is 3. The van der Waals surface area contributed by atoms with Gasteiger partial charge in [-0.05, 0) is 25.2 Å². The molecule has 0 aliphatic heterocycles. The standard InChI is InChI=1S/C39H74O6/c1-5-7-9-11-12-13-14-15-16-19-24-28-32-39(42)45-36(33-43-37(40)30-26-21-10-8-6-2)34-44-38(41)31-27-23-20-17-18-22-25-29-35(3)4/h35-36H,5-34H2,1-4H3/t36-/m1/s1. The molecule has 0 rings (SSSR count). The van der Waals surface area contributed by atoms with Crippen molar-refractivity contribution in [2.24, 2.45) is 5.92 Å². The maximum absolute atomic E-state index is 12.6. The molecule has 0 aliphatic carbocycles. The van der Waals surface area contributed by atoms with Gasteiger partial charge in [-0.1, -0.05) is 169 Å². The van der Waals surface area contributed by atoms with Gasteiger partial charge in [-0.15, -0.1) is 0 Å². The molecule has 0 aromatic heterocycles. The van der Waals surface area contributed by atoms with Crippen molar-refractivity contribution in [3.63, 3.8) is 0 Å². The Labute approximate surface area is 278 Å². The predicted molar refractivity (Wildman–Crippen MR) is 187 cm³/mol. The SMILES string of the molecule is CCCCCCCCCCCCCCC(=O)O[C@H](COC(=O)CCCCCCC)COC(=O)CCCCCCCCCC(C)C. The van der Waals surface area contributed by atoms with E-state index in [-0.39, 0.29) is 31.1 Å². The number of rotatable bonds is 34. The van der Waals surface area contributed by atoms with Crippen LogP contribution in [-0.4, -0.2) is 37.2 Å². The molecule has 45 heavy (non-hydrogen) atoms. The summed E-state index contributed by atoms with van der Waals surface area (Å²) < 4.78 is 16.5. The second kappa shape index (κ2) is 33.8. The summed E-state index contributed by atoms with van der Waals surface area (Å²) in [6.45, 7) is 8.83. The minimum atomic E-state index is -0.756. The highest BCUT2D eigenvalue weighted by Gasteiger charge is 2.19. The Kier molecular flexibility index (Phi) is 32.6. The molecule has 0 radical (unpaired) electrons. The van der Waals surface area contributed by atoms with Crippen LogP contribution in [0.4, 0.5) is 0 Å². The van der Waals surface area contributed by atoms with Crippen molar-refractivity contribution in [1.29, 1.82) is 0 Å². The third-order valence-corrected chi connectivity index (χ3v) is 8.54. The quantitative estimate of drug-likeness (QED) is 0.0396. The summed E-state index contributed by atoms with van der Waals surface area (Å²) in [5.41, 5.74) is 0. The van der Waals surface area contributed by atoms with Crippen LogP contribution in [0.3, 0.4) is 0 Å². The summed E-state index contributed by atoms with van der Waals surface area (Å²) in [5.74, 6) is -0.0990. The molecule has 266 valence electrons. The lowest BCUT2D eigenvalue weighted by molar-refractivity contribution is -0.167. The highest BCUT2D eigenvalue weighted by molar-refractivity contribution is 5.71. The molecular weight excluding hydrogens is 564 g/mol. The van der Waals surface area contributed by atoms with Crippen LogP contribution in [0.25, 0.3) is 0 Å². The van der Waals surface area contributed by atoms with Crippen molar-refractivity contribution >= 4 is 17.9 Å². The van der Waals surface area contributed by atoms with Gasteiger partial charge >= 0.3 is 17.9 Å².